The van der Waals surface area contributed by atoms with E-state index in [9.17, 15) is 12.8 Å². The Kier molecular flexibility index (Phi) is 5.54. The molecule has 0 spiro atoms. The Bertz CT molecular complexity index is 416. The first-order valence-corrected chi connectivity index (χ1v) is 7.21. The number of rotatable bonds is 1. The number of sulfonamides is 1. The Balaban J connectivity index is 0.000000181. The van der Waals surface area contributed by atoms with Gasteiger partial charge in [-0.2, -0.15) is 4.31 Å². The van der Waals surface area contributed by atoms with Crippen molar-refractivity contribution in [2.45, 2.75) is 0 Å². The van der Waals surface area contributed by atoms with Gasteiger partial charge < -0.3 is 5.32 Å². The minimum absolute atomic E-state index is 0.178. The van der Waals surface area contributed by atoms with Crippen LogP contribution in [0.25, 0.3) is 0 Å². The van der Waals surface area contributed by atoms with Gasteiger partial charge in [0, 0.05) is 26.2 Å². The lowest BCUT2D eigenvalue weighted by molar-refractivity contribution is 0.363. The number of hydrogen-bond donors (Lipinski definition) is 1. The van der Waals surface area contributed by atoms with E-state index in [1.165, 1.54) is 22.7 Å². The summed E-state index contributed by atoms with van der Waals surface area (Å²) in [6.45, 7) is 2.76. The molecular weight excluding hydrogens is 243 g/mol. The molecule has 96 valence electrons. The highest BCUT2D eigenvalue weighted by atomic mass is 32.2. The third kappa shape index (κ3) is 5.76. The molecule has 1 fully saturated rings. The van der Waals surface area contributed by atoms with Crippen LogP contribution in [0.15, 0.2) is 30.3 Å². The van der Waals surface area contributed by atoms with Gasteiger partial charge in [-0.05, 0) is 12.1 Å². The first kappa shape index (κ1) is 14.1. The van der Waals surface area contributed by atoms with Crippen LogP contribution in [0.4, 0.5) is 4.39 Å². The van der Waals surface area contributed by atoms with Crippen molar-refractivity contribution in [3.05, 3.63) is 36.1 Å². The van der Waals surface area contributed by atoms with Gasteiger partial charge in [0.2, 0.25) is 10.0 Å². The quantitative estimate of drug-likeness (QED) is 0.807. The summed E-state index contributed by atoms with van der Waals surface area (Å²) in [7, 11) is -2.93. The molecule has 2 rings (SSSR count). The van der Waals surface area contributed by atoms with Crippen molar-refractivity contribution in [2.75, 3.05) is 32.4 Å². The molecule has 1 heterocycles. The molecular formula is C11H17FN2O2S. The van der Waals surface area contributed by atoms with Crippen LogP contribution < -0.4 is 5.32 Å². The van der Waals surface area contributed by atoms with Gasteiger partial charge in [-0.1, -0.05) is 18.2 Å². The molecule has 0 atom stereocenters. The zero-order valence-corrected chi connectivity index (χ0v) is 10.6. The molecule has 4 nitrogen and oxygen atoms in total. The average molecular weight is 260 g/mol. The lowest BCUT2D eigenvalue weighted by Gasteiger charge is -2.24. The molecule has 0 radical (unpaired) electrons. The maximum absolute atomic E-state index is 11.9. The molecule has 0 bridgehead atoms. The topological polar surface area (TPSA) is 49.4 Å². The van der Waals surface area contributed by atoms with Crippen LogP contribution in [0.1, 0.15) is 0 Å². The largest absolute Gasteiger partial charge is 0.314 e. The van der Waals surface area contributed by atoms with Crippen molar-refractivity contribution < 1.29 is 12.8 Å². The van der Waals surface area contributed by atoms with E-state index in [1.54, 1.807) is 18.2 Å². The summed E-state index contributed by atoms with van der Waals surface area (Å²) >= 11 is 0. The summed E-state index contributed by atoms with van der Waals surface area (Å²) in [5.74, 6) is -0.178. The number of piperazine rings is 1. The average Bonchev–Trinajstić information content (AvgIpc) is 2.31. The van der Waals surface area contributed by atoms with E-state index in [0.717, 1.165) is 13.1 Å². The van der Waals surface area contributed by atoms with E-state index in [2.05, 4.69) is 5.32 Å². The van der Waals surface area contributed by atoms with Crippen molar-refractivity contribution in [2.24, 2.45) is 0 Å². The molecule has 1 aliphatic rings. The minimum atomic E-state index is -2.93. The first-order chi connectivity index (χ1) is 8.00. The third-order valence-electron chi connectivity index (χ3n) is 2.28. The van der Waals surface area contributed by atoms with Gasteiger partial charge in [-0.25, -0.2) is 12.8 Å². The predicted molar refractivity (Wildman–Crippen MR) is 65.7 cm³/mol. The van der Waals surface area contributed by atoms with E-state index >= 15 is 0 Å². The second-order valence-electron chi connectivity index (χ2n) is 3.71. The number of nitrogens with one attached hydrogen (secondary N) is 1. The van der Waals surface area contributed by atoms with Crippen molar-refractivity contribution in [1.82, 2.24) is 9.62 Å². The standard InChI is InChI=1S/C6H5F.C5H12N2O2S/c7-6-4-2-1-3-5-6;1-10(8,9)7-4-2-6-3-5-7/h1-5H;6H,2-5H2,1H3. The monoisotopic (exact) mass is 260 g/mol. The summed E-state index contributed by atoms with van der Waals surface area (Å²) in [5, 5.41) is 3.08. The normalized spacial score (nSPS) is 17.1. The first-order valence-electron chi connectivity index (χ1n) is 5.36. The Morgan fingerprint density at radius 2 is 1.71 bits per heavy atom. The molecule has 0 aromatic heterocycles. The molecule has 1 aromatic rings. The van der Waals surface area contributed by atoms with Gasteiger partial charge >= 0.3 is 0 Å². The molecule has 1 aliphatic heterocycles. The Hall–Kier alpha value is -0.980. The highest BCUT2D eigenvalue weighted by Gasteiger charge is 2.17. The highest BCUT2D eigenvalue weighted by molar-refractivity contribution is 7.88. The van der Waals surface area contributed by atoms with Gasteiger partial charge in [0.1, 0.15) is 5.82 Å². The van der Waals surface area contributed by atoms with Crippen molar-refractivity contribution in [1.29, 1.82) is 0 Å². The summed E-state index contributed by atoms with van der Waals surface area (Å²) in [5.41, 5.74) is 0. The molecule has 0 aliphatic carbocycles. The molecule has 17 heavy (non-hydrogen) atoms. The predicted octanol–water partition coefficient (Wildman–Crippen LogP) is 0.677. The van der Waals surface area contributed by atoms with Gasteiger partial charge in [-0.3, -0.25) is 0 Å². The van der Waals surface area contributed by atoms with Crippen LogP contribution in [-0.4, -0.2) is 45.2 Å². The summed E-state index contributed by atoms with van der Waals surface area (Å²) in [6, 6.07) is 7.94. The molecule has 1 saturated heterocycles. The fourth-order valence-electron chi connectivity index (χ4n) is 1.39. The molecule has 0 saturated carbocycles. The Labute approximate surface area is 101 Å². The fraction of sp³-hybridized carbons (Fsp3) is 0.455. The second-order valence-corrected chi connectivity index (χ2v) is 5.69. The zero-order chi connectivity index (χ0) is 12.7. The van der Waals surface area contributed by atoms with Crippen molar-refractivity contribution >= 4 is 10.0 Å². The smallest absolute Gasteiger partial charge is 0.211 e. The summed E-state index contributed by atoms with van der Waals surface area (Å²) in [4.78, 5) is 0. The van der Waals surface area contributed by atoms with E-state index in [-0.39, 0.29) is 5.82 Å². The van der Waals surface area contributed by atoms with E-state index < -0.39 is 10.0 Å². The van der Waals surface area contributed by atoms with Crippen molar-refractivity contribution in [3.8, 4) is 0 Å². The lowest BCUT2D eigenvalue weighted by Crippen LogP contribution is -2.45. The Morgan fingerprint density at radius 1 is 1.18 bits per heavy atom. The number of benzene rings is 1. The van der Waals surface area contributed by atoms with E-state index in [1.807, 2.05) is 0 Å². The second kappa shape index (κ2) is 6.68. The molecule has 0 unspecified atom stereocenters. The van der Waals surface area contributed by atoms with Gasteiger partial charge in [-0.15, -0.1) is 0 Å². The van der Waals surface area contributed by atoms with Crippen molar-refractivity contribution in [3.63, 3.8) is 0 Å². The third-order valence-corrected chi connectivity index (χ3v) is 3.58. The van der Waals surface area contributed by atoms with Gasteiger partial charge in [0.05, 0.1) is 6.26 Å². The maximum atomic E-state index is 11.9. The molecule has 1 aromatic carbocycles. The van der Waals surface area contributed by atoms with Gasteiger partial charge in [0.15, 0.2) is 0 Å². The zero-order valence-electron chi connectivity index (χ0n) is 9.77. The fourth-order valence-corrected chi connectivity index (χ4v) is 2.24. The van der Waals surface area contributed by atoms with Crippen LogP contribution >= 0.6 is 0 Å². The summed E-state index contributed by atoms with van der Waals surface area (Å²) in [6.07, 6.45) is 1.25. The van der Waals surface area contributed by atoms with Crippen LogP contribution in [0.5, 0.6) is 0 Å². The highest BCUT2D eigenvalue weighted by Crippen LogP contribution is 1.98. The van der Waals surface area contributed by atoms with Crippen LogP contribution in [-0.2, 0) is 10.0 Å². The maximum Gasteiger partial charge on any atom is 0.211 e. The SMILES string of the molecule is CS(=O)(=O)N1CCNCC1.Fc1ccccc1. The van der Waals surface area contributed by atoms with Gasteiger partial charge in [0.25, 0.3) is 0 Å². The van der Waals surface area contributed by atoms with E-state index in [4.69, 9.17) is 0 Å². The lowest BCUT2D eigenvalue weighted by atomic mass is 10.4. The van der Waals surface area contributed by atoms with Crippen LogP contribution in [0.2, 0.25) is 0 Å². The van der Waals surface area contributed by atoms with E-state index in [0.29, 0.717) is 13.1 Å². The number of halogens is 1. The number of nitrogens with zero attached hydrogens (tertiary/aromatic N) is 1. The van der Waals surface area contributed by atoms with Crippen LogP contribution in [0, 0.1) is 5.82 Å². The minimum Gasteiger partial charge on any atom is -0.314 e. The number of hydrogen-bond acceptors (Lipinski definition) is 3. The summed E-state index contributed by atoms with van der Waals surface area (Å²) < 4.78 is 35.2. The van der Waals surface area contributed by atoms with Crippen LogP contribution in [0.3, 0.4) is 0 Å². The Morgan fingerprint density at radius 3 is 2.00 bits per heavy atom. The molecule has 1 N–H and O–H groups in total. The molecule has 6 heteroatoms. The molecule has 0 amide bonds.